The van der Waals surface area contributed by atoms with E-state index in [2.05, 4.69) is 25.6 Å². The van der Waals surface area contributed by atoms with Crippen LogP contribution >= 0.6 is 0 Å². The summed E-state index contributed by atoms with van der Waals surface area (Å²) in [5.41, 5.74) is 3.54. The molecule has 1 aliphatic heterocycles. The maximum atomic E-state index is 13.3. The molecule has 0 spiro atoms. The fraction of sp³-hybridized carbons (Fsp3) is 0.208. The van der Waals surface area contributed by atoms with Crippen LogP contribution in [0.4, 0.5) is 10.2 Å². The molecule has 0 unspecified atom stereocenters. The second-order valence-electron chi connectivity index (χ2n) is 7.82. The van der Waals surface area contributed by atoms with Gasteiger partial charge in [0.05, 0.1) is 31.8 Å². The number of halogens is 1. The predicted molar refractivity (Wildman–Crippen MR) is 122 cm³/mol. The minimum absolute atomic E-state index is 0.175. The van der Waals surface area contributed by atoms with Crippen molar-refractivity contribution in [1.29, 1.82) is 0 Å². The number of rotatable bonds is 5. The lowest BCUT2D eigenvalue weighted by atomic mass is 9.85. The zero-order valence-corrected chi connectivity index (χ0v) is 18.7. The van der Waals surface area contributed by atoms with Crippen LogP contribution in [0.1, 0.15) is 29.2 Å². The van der Waals surface area contributed by atoms with E-state index in [0.717, 1.165) is 11.1 Å². The fourth-order valence-corrected chi connectivity index (χ4v) is 4.21. The Morgan fingerprint density at radius 3 is 2.65 bits per heavy atom. The highest BCUT2D eigenvalue weighted by Gasteiger charge is 2.35. The number of nitrogens with zero attached hydrogens (tertiary/aromatic N) is 5. The van der Waals surface area contributed by atoms with Crippen LogP contribution in [0.3, 0.4) is 0 Å². The summed E-state index contributed by atoms with van der Waals surface area (Å²) in [6.45, 7) is 1.86. The third kappa shape index (κ3) is 3.72. The Balaban J connectivity index is 1.63. The lowest BCUT2D eigenvalue weighted by Crippen LogP contribution is -2.25. The predicted octanol–water partition coefficient (Wildman–Crippen LogP) is 3.66. The van der Waals surface area contributed by atoms with Gasteiger partial charge >= 0.3 is 0 Å². The van der Waals surface area contributed by atoms with Crippen molar-refractivity contribution in [3.63, 3.8) is 0 Å². The quantitative estimate of drug-likeness (QED) is 0.485. The molecule has 0 aliphatic carbocycles. The van der Waals surface area contributed by atoms with Crippen molar-refractivity contribution < 1.29 is 18.7 Å². The molecule has 1 aliphatic rings. The topological polar surface area (TPSA) is 104 Å². The minimum Gasteiger partial charge on any atom is -0.497 e. The van der Waals surface area contributed by atoms with Crippen LogP contribution in [0.15, 0.2) is 48.7 Å². The van der Waals surface area contributed by atoms with Crippen LogP contribution in [-0.4, -0.2) is 45.1 Å². The molecule has 1 atom stereocenters. The average molecular weight is 460 g/mol. The van der Waals surface area contributed by atoms with Gasteiger partial charge in [-0.1, -0.05) is 0 Å². The Morgan fingerprint density at radius 2 is 1.91 bits per heavy atom. The smallest absolute Gasteiger partial charge is 0.272 e. The number of ether oxygens (including phenoxy) is 2. The number of carbonyl (C=O) groups excluding carboxylic acids is 1. The molecule has 0 radical (unpaired) electrons. The van der Waals surface area contributed by atoms with E-state index < -0.39 is 0 Å². The minimum atomic E-state index is -0.343. The van der Waals surface area contributed by atoms with E-state index in [9.17, 15) is 9.18 Å². The number of aromatic nitrogens is 5. The van der Waals surface area contributed by atoms with Gasteiger partial charge in [0.25, 0.3) is 5.95 Å². The maximum absolute atomic E-state index is 13.3. The van der Waals surface area contributed by atoms with E-state index in [0.29, 0.717) is 34.3 Å². The number of anilines is 1. The molecule has 1 N–H and O–H groups in total. The summed E-state index contributed by atoms with van der Waals surface area (Å²) in [7, 11) is 3.18. The summed E-state index contributed by atoms with van der Waals surface area (Å²) in [4.78, 5) is 17.3. The standard InChI is InChI=1S/C24H21FN6O3/c1-13-22-18(17-10-16(33-2)8-9-20(17)34-3)11-21(32)28-23(22)31(30-13)24-27-19(12-26-29-24)14-4-6-15(25)7-5-14/h4-10,12,18H,11H2,1-3H3,(H,28,32)/t18-/m1/s1. The lowest BCUT2D eigenvalue weighted by molar-refractivity contribution is -0.116. The van der Waals surface area contributed by atoms with Crippen LogP contribution < -0.4 is 14.8 Å². The third-order valence-corrected chi connectivity index (χ3v) is 5.79. The van der Waals surface area contributed by atoms with Crippen LogP contribution in [0.25, 0.3) is 17.2 Å². The normalized spacial score (nSPS) is 14.9. The molecule has 2 aromatic heterocycles. The zero-order chi connectivity index (χ0) is 23.8. The summed E-state index contributed by atoms with van der Waals surface area (Å²) < 4.78 is 25.8. The van der Waals surface area contributed by atoms with E-state index in [1.165, 1.54) is 23.0 Å². The Bertz CT molecular complexity index is 1390. The molecule has 4 aromatic rings. The molecular formula is C24H21FN6O3. The fourth-order valence-electron chi connectivity index (χ4n) is 4.21. The van der Waals surface area contributed by atoms with Crippen molar-refractivity contribution in [3.8, 4) is 28.7 Å². The van der Waals surface area contributed by atoms with Crippen molar-refractivity contribution in [2.75, 3.05) is 19.5 Å². The molecule has 5 rings (SSSR count). The molecule has 34 heavy (non-hydrogen) atoms. The van der Waals surface area contributed by atoms with Crippen LogP contribution in [0.5, 0.6) is 11.5 Å². The molecule has 10 heteroatoms. The largest absolute Gasteiger partial charge is 0.497 e. The molecule has 3 heterocycles. The summed E-state index contributed by atoms with van der Waals surface area (Å²) >= 11 is 0. The Hall–Kier alpha value is -4.34. The molecule has 0 bridgehead atoms. The van der Waals surface area contributed by atoms with Gasteiger partial charge in [-0.25, -0.2) is 9.37 Å². The SMILES string of the molecule is COc1ccc(OC)c([C@H]2CC(=O)Nc3c2c(C)nn3-c2nncc(-c3ccc(F)cc3)n2)c1. The van der Waals surface area contributed by atoms with Gasteiger partial charge in [0.2, 0.25) is 5.91 Å². The highest BCUT2D eigenvalue weighted by molar-refractivity contribution is 5.95. The van der Waals surface area contributed by atoms with Gasteiger partial charge in [-0.15, -0.1) is 5.10 Å². The van der Waals surface area contributed by atoms with Gasteiger partial charge in [0, 0.05) is 29.0 Å². The molecule has 0 saturated heterocycles. The number of methoxy groups -OCH3 is 2. The lowest BCUT2D eigenvalue weighted by Gasteiger charge is -2.25. The highest BCUT2D eigenvalue weighted by atomic mass is 19.1. The molecule has 9 nitrogen and oxygen atoms in total. The average Bonchev–Trinajstić information content (AvgIpc) is 3.19. The number of benzene rings is 2. The molecule has 0 saturated carbocycles. The first-order valence-corrected chi connectivity index (χ1v) is 10.6. The molecule has 172 valence electrons. The monoisotopic (exact) mass is 460 g/mol. The number of carbonyl (C=O) groups is 1. The van der Waals surface area contributed by atoms with Gasteiger partial charge in [0.15, 0.2) is 0 Å². The van der Waals surface area contributed by atoms with Crippen LogP contribution in [0.2, 0.25) is 0 Å². The first-order chi connectivity index (χ1) is 16.5. The highest BCUT2D eigenvalue weighted by Crippen LogP contribution is 2.44. The summed E-state index contributed by atoms with van der Waals surface area (Å²) in [6.07, 6.45) is 1.71. The Kier molecular flexibility index (Phi) is 5.40. The molecule has 2 aromatic carbocycles. The van der Waals surface area contributed by atoms with Gasteiger partial charge in [-0.2, -0.15) is 14.9 Å². The number of amides is 1. The van der Waals surface area contributed by atoms with Gasteiger partial charge < -0.3 is 14.8 Å². The Labute approximate surface area is 194 Å². The molecule has 1 amide bonds. The second-order valence-corrected chi connectivity index (χ2v) is 7.82. The van der Waals surface area contributed by atoms with Crippen molar-refractivity contribution in [1.82, 2.24) is 25.0 Å². The summed E-state index contributed by atoms with van der Waals surface area (Å²) in [5.74, 6) is 1.14. The van der Waals surface area contributed by atoms with Gasteiger partial charge in [0.1, 0.15) is 23.1 Å². The first-order valence-electron chi connectivity index (χ1n) is 10.6. The van der Waals surface area contributed by atoms with Crippen LogP contribution in [-0.2, 0) is 4.79 Å². The second kappa shape index (κ2) is 8.54. The number of hydrogen-bond donors (Lipinski definition) is 1. The van der Waals surface area contributed by atoms with Gasteiger partial charge in [-0.05, 0) is 49.4 Å². The van der Waals surface area contributed by atoms with E-state index in [1.54, 1.807) is 26.4 Å². The van der Waals surface area contributed by atoms with E-state index >= 15 is 0 Å². The zero-order valence-electron chi connectivity index (χ0n) is 18.7. The van der Waals surface area contributed by atoms with Crippen LogP contribution in [0, 0.1) is 12.7 Å². The number of hydrogen-bond acceptors (Lipinski definition) is 7. The first kappa shape index (κ1) is 21.5. The van der Waals surface area contributed by atoms with E-state index in [4.69, 9.17) is 9.47 Å². The maximum Gasteiger partial charge on any atom is 0.272 e. The van der Waals surface area contributed by atoms with E-state index in [-0.39, 0.29) is 30.0 Å². The summed E-state index contributed by atoms with van der Waals surface area (Å²) in [5, 5.41) is 15.7. The summed E-state index contributed by atoms with van der Waals surface area (Å²) in [6, 6.07) is 11.4. The van der Waals surface area contributed by atoms with Crippen molar-refractivity contribution >= 4 is 11.7 Å². The third-order valence-electron chi connectivity index (χ3n) is 5.79. The Morgan fingerprint density at radius 1 is 1.12 bits per heavy atom. The number of nitrogens with one attached hydrogen (secondary N) is 1. The number of aryl methyl sites for hydroxylation is 1. The van der Waals surface area contributed by atoms with Gasteiger partial charge in [-0.3, -0.25) is 4.79 Å². The molecular weight excluding hydrogens is 439 g/mol. The molecule has 0 fully saturated rings. The number of fused-ring (bicyclic) bond motifs is 1. The van der Waals surface area contributed by atoms with Crippen molar-refractivity contribution in [2.24, 2.45) is 0 Å². The van der Waals surface area contributed by atoms with E-state index in [1.807, 2.05) is 25.1 Å². The van der Waals surface area contributed by atoms with Crippen molar-refractivity contribution in [3.05, 3.63) is 71.3 Å². The van der Waals surface area contributed by atoms with Crippen molar-refractivity contribution in [2.45, 2.75) is 19.3 Å².